The Morgan fingerprint density at radius 1 is 1.07 bits per heavy atom. The minimum atomic E-state index is -0.0424. The molecule has 1 saturated heterocycles. The van der Waals surface area contributed by atoms with Crippen molar-refractivity contribution in [2.45, 2.75) is 13.0 Å². The third-order valence-corrected chi connectivity index (χ3v) is 6.21. The molecule has 0 aliphatic carbocycles. The van der Waals surface area contributed by atoms with Crippen molar-refractivity contribution in [3.8, 4) is 11.5 Å². The predicted octanol–water partition coefficient (Wildman–Crippen LogP) is 4.27. The van der Waals surface area contributed by atoms with Crippen LogP contribution in [-0.4, -0.2) is 62.7 Å². The number of hydrogen-bond donors (Lipinski definition) is 1. The Hall–Kier alpha value is -1.80. The normalized spacial score (nSPS) is 15.5. The largest absolute Gasteiger partial charge is 0.493 e. The molecule has 3 rings (SSSR count). The van der Waals surface area contributed by atoms with Gasteiger partial charge in [0.15, 0.2) is 11.5 Å². The van der Waals surface area contributed by atoms with E-state index in [0.717, 1.165) is 54.9 Å². The van der Waals surface area contributed by atoms with E-state index in [9.17, 15) is 4.79 Å². The van der Waals surface area contributed by atoms with Crippen LogP contribution in [0.3, 0.4) is 0 Å². The molecule has 2 aromatic rings. The summed E-state index contributed by atoms with van der Waals surface area (Å²) in [6.07, 6.45) is 1.00. The fourth-order valence-electron chi connectivity index (χ4n) is 3.55. The van der Waals surface area contributed by atoms with Gasteiger partial charge in [-0.25, -0.2) is 0 Å². The Labute approximate surface area is 191 Å². The molecule has 2 aromatic carbocycles. The number of methoxy groups -OCH3 is 2. The van der Waals surface area contributed by atoms with Gasteiger partial charge in [-0.15, -0.1) is 0 Å². The number of benzene rings is 2. The molecule has 8 heteroatoms. The van der Waals surface area contributed by atoms with Crippen molar-refractivity contribution < 1.29 is 14.3 Å². The zero-order valence-corrected chi connectivity index (χ0v) is 19.6. The van der Waals surface area contributed by atoms with E-state index in [2.05, 4.69) is 31.0 Å². The number of carbonyl (C=O) groups is 1. The number of para-hydroxylation sites is 1. The average Bonchev–Trinajstić information content (AvgIpc) is 2.95. The number of carbonyl (C=O) groups excluding carboxylic acids is 1. The maximum Gasteiger partial charge on any atom is 0.238 e. The SMILES string of the molecule is COc1cc(Br)c(CN2CCCN(CC(=O)Nc3ccccc3Cl)CC2)cc1OC. The minimum Gasteiger partial charge on any atom is -0.493 e. The Balaban J connectivity index is 1.55. The van der Waals surface area contributed by atoms with Crippen LogP contribution in [0.5, 0.6) is 11.5 Å². The highest BCUT2D eigenvalue weighted by molar-refractivity contribution is 9.10. The number of ether oxygens (including phenoxy) is 2. The molecule has 162 valence electrons. The van der Waals surface area contributed by atoms with Gasteiger partial charge in [0.25, 0.3) is 0 Å². The number of nitrogens with one attached hydrogen (secondary N) is 1. The number of rotatable bonds is 7. The van der Waals surface area contributed by atoms with E-state index in [1.165, 1.54) is 0 Å². The lowest BCUT2D eigenvalue weighted by Gasteiger charge is -2.22. The van der Waals surface area contributed by atoms with Gasteiger partial charge >= 0.3 is 0 Å². The third-order valence-electron chi connectivity index (χ3n) is 5.14. The molecule has 30 heavy (non-hydrogen) atoms. The highest BCUT2D eigenvalue weighted by Gasteiger charge is 2.19. The van der Waals surface area contributed by atoms with Gasteiger partial charge in [0.1, 0.15) is 0 Å². The molecule has 6 nitrogen and oxygen atoms in total. The summed E-state index contributed by atoms with van der Waals surface area (Å²) in [5, 5.41) is 3.45. The number of hydrogen-bond acceptors (Lipinski definition) is 5. The second-order valence-corrected chi connectivity index (χ2v) is 8.49. The standard InChI is InChI=1S/C22H27BrClN3O3/c1-29-20-12-16(17(23)13-21(20)30-2)14-26-8-5-9-27(11-10-26)15-22(28)25-19-7-4-3-6-18(19)24/h3-4,6-7,12-13H,5,8-11,14-15H2,1-2H3,(H,25,28). The van der Waals surface area contributed by atoms with Crippen LogP contribution in [0, 0.1) is 0 Å². The molecule has 1 amide bonds. The van der Waals surface area contributed by atoms with Crippen LogP contribution in [0.2, 0.25) is 5.02 Å². The summed E-state index contributed by atoms with van der Waals surface area (Å²) in [6.45, 7) is 4.75. The van der Waals surface area contributed by atoms with E-state index in [4.69, 9.17) is 21.1 Å². The molecule has 1 N–H and O–H groups in total. The number of halogens is 2. The lowest BCUT2D eigenvalue weighted by molar-refractivity contribution is -0.117. The van der Waals surface area contributed by atoms with E-state index in [0.29, 0.717) is 23.0 Å². The van der Waals surface area contributed by atoms with E-state index < -0.39 is 0 Å². The lowest BCUT2D eigenvalue weighted by Crippen LogP contribution is -2.36. The summed E-state index contributed by atoms with van der Waals surface area (Å²) < 4.78 is 11.8. The van der Waals surface area contributed by atoms with Crippen LogP contribution < -0.4 is 14.8 Å². The molecule has 0 saturated carbocycles. The van der Waals surface area contributed by atoms with Gasteiger partial charge in [0.05, 0.1) is 31.5 Å². The van der Waals surface area contributed by atoms with E-state index in [1.54, 1.807) is 20.3 Å². The monoisotopic (exact) mass is 495 g/mol. The van der Waals surface area contributed by atoms with E-state index in [1.807, 2.05) is 30.3 Å². The highest BCUT2D eigenvalue weighted by atomic mass is 79.9. The molecule has 0 atom stereocenters. The van der Waals surface area contributed by atoms with Crippen molar-refractivity contribution in [3.63, 3.8) is 0 Å². The lowest BCUT2D eigenvalue weighted by atomic mass is 10.2. The average molecular weight is 497 g/mol. The quantitative estimate of drug-likeness (QED) is 0.621. The van der Waals surface area contributed by atoms with Gasteiger partial charge < -0.3 is 14.8 Å². The zero-order valence-electron chi connectivity index (χ0n) is 17.3. The molecular formula is C22H27BrClN3O3. The molecule has 1 heterocycles. The van der Waals surface area contributed by atoms with Gasteiger partial charge in [0.2, 0.25) is 5.91 Å². The first-order valence-corrected chi connectivity index (χ1v) is 11.1. The number of amides is 1. The first-order valence-electron chi connectivity index (χ1n) is 9.89. The fraction of sp³-hybridized carbons (Fsp3) is 0.409. The van der Waals surface area contributed by atoms with Crippen molar-refractivity contribution >= 4 is 39.1 Å². The molecule has 0 spiro atoms. The van der Waals surface area contributed by atoms with E-state index >= 15 is 0 Å². The van der Waals surface area contributed by atoms with Crippen LogP contribution >= 0.6 is 27.5 Å². The van der Waals surface area contributed by atoms with Crippen molar-refractivity contribution in [1.82, 2.24) is 9.80 Å². The van der Waals surface area contributed by atoms with Crippen molar-refractivity contribution in [2.75, 3.05) is 52.3 Å². The third kappa shape index (κ3) is 6.11. The van der Waals surface area contributed by atoms with Crippen LogP contribution in [0.1, 0.15) is 12.0 Å². The summed E-state index contributed by atoms with van der Waals surface area (Å²) in [6, 6.07) is 11.2. The Kier molecular flexibility index (Phi) is 8.39. The topological polar surface area (TPSA) is 54.0 Å². The number of nitrogens with zero attached hydrogens (tertiary/aromatic N) is 2. The van der Waals surface area contributed by atoms with Gasteiger partial charge in [-0.1, -0.05) is 39.7 Å². The Morgan fingerprint density at radius 2 is 1.73 bits per heavy atom. The first-order chi connectivity index (χ1) is 14.5. The van der Waals surface area contributed by atoms with Gasteiger partial charge in [-0.2, -0.15) is 0 Å². The molecule has 1 aliphatic rings. The van der Waals surface area contributed by atoms with Crippen molar-refractivity contribution in [2.24, 2.45) is 0 Å². The van der Waals surface area contributed by atoms with Crippen molar-refractivity contribution in [1.29, 1.82) is 0 Å². The summed E-state index contributed by atoms with van der Waals surface area (Å²) in [4.78, 5) is 17.0. The van der Waals surface area contributed by atoms with E-state index in [-0.39, 0.29) is 5.91 Å². The second-order valence-electron chi connectivity index (χ2n) is 7.23. The Bertz CT molecular complexity index is 881. The highest BCUT2D eigenvalue weighted by Crippen LogP contribution is 2.34. The maximum atomic E-state index is 12.4. The molecule has 0 bridgehead atoms. The summed E-state index contributed by atoms with van der Waals surface area (Å²) in [5.41, 5.74) is 1.80. The van der Waals surface area contributed by atoms with Gasteiger partial charge in [-0.3, -0.25) is 14.6 Å². The molecule has 0 unspecified atom stereocenters. The Morgan fingerprint density at radius 3 is 2.47 bits per heavy atom. The van der Waals surface area contributed by atoms with Crippen molar-refractivity contribution in [3.05, 3.63) is 51.5 Å². The summed E-state index contributed by atoms with van der Waals surface area (Å²) in [7, 11) is 3.28. The van der Waals surface area contributed by atoms with Crippen LogP contribution in [0.15, 0.2) is 40.9 Å². The zero-order chi connectivity index (χ0) is 21.5. The molecule has 1 aliphatic heterocycles. The molecule has 0 radical (unpaired) electrons. The molecule has 0 aromatic heterocycles. The van der Waals surface area contributed by atoms with Crippen LogP contribution in [0.4, 0.5) is 5.69 Å². The number of anilines is 1. The molecular weight excluding hydrogens is 470 g/mol. The molecule has 1 fully saturated rings. The minimum absolute atomic E-state index is 0.0424. The predicted molar refractivity (Wildman–Crippen MR) is 124 cm³/mol. The fourth-order valence-corrected chi connectivity index (χ4v) is 4.19. The second kappa shape index (κ2) is 11.0. The first kappa shape index (κ1) is 22.9. The summed E-state index contributed by atoms with van der Waals surface area (Å²) in [5.74, 6) is 1.39. The summed E-state index contributed by atoms with van der Waals surface area (Å²) >= 11 is 9.77. The maximum absolute atomic E-state index is 12.4. The van der Waals surface area contributed by atoms with Crippen LogP contribution in [-0.2, 0) is 11.3 Å². The smallest absolute Gasteiger partial charge is 0.238 e. The van der Waals surface area contributed by atoms with Gasteiger partial charge in [0, 0.05) is 24.1 Å². The van der Waals surface area contributed by atoms with Gasteiger partial charge in [-0.05, 0) is 49.3 Å². The van der Waals surface area contributed by atoms with Crippen LogP contribution in [0.25, 0.3) is 0 Å².